The lowest BCUT2D eigenvalue weighted by atomic mass is 9.98. The summed E-state index contributed by atoms with van der Waals surface area (Å²) in [5, 5.41) is 14.4. The molecule has 2 amide bonds. The molecule has 3 rings (SSSR count). The number of carboxylic acid groups (broad SMARTS) is 1. The third kappa shape index (κ3) is 5.94. The van der Waals surface area contributed by atoms with Crippen LogP contribution in [0.1, 0.15) is 51.7 Å². The lowest BCUT2D eigenvalue weighted by Crippen LogP contribution is -2.55. The molecule has 0 radical (unpaired) electrons. The summed E-state index contributed by atoms with van der Waals surface area (Å²) in [5.74, 6) is -1.97. The van der Waals surface area contributed by atoms with E-state index in [0.29, 0.717) is 0 Å². The van der Waals surface area contributed by atoms with Crippen LogP contribution >= 0.6 is 0 Å². The number of ether oxygens (including phenoxy) is 2. The van der Waals surface area contributed by atoms with Crippen molar-refractivity contribution in [2.24, 2.45) is 0 Å². The summed E-state index contributed by atoms with van der Waals surface area (Å²) in [6.07, 6.45) is -1.53. The van der Waals surface area contributed by atoms with Gasteiger partial charge in [-0.3, -0.25) is 4.79 Å². The van der Waals surface area contributed by atoms with Crippen molar-refractivity contribution in [1.29, 1.82) is 0 Å². The van der Waals surface area contributed by atoms with Crippen molar-refractivity contribution in [2.45, 2.75) is 64.3 Å². The molecule has 2 aromatic rings. The van der Waals surface area contributed by atoms with Crippen LogP contribution in [0.15, 0.2) is 48.5 Å². The van der Waals surface area contributed by atoms with E-state index < -0.39 is 41.8 Å². The molecule has 0 fully saturated rings. The molecule has 1 aliphatic rings. The molecule has 3 atom stereocenters. The van der Waals surface area contributed by atoms with Gasteiger partial charge >= 0.3 is 12.1 Å². The Balaban J connectivity index is 1.58. The van der Waals surface area contributed by atoms with Gasteiger partial charge in [-0.05, 0) is 56.9 Å². The molecular formula is C26H32N2O6. The second-order valence-electron chi connectivity index (χ2n) is 9.45. The maximum Gasteiger partial charge on any atom is 0.407 e. The Morgan fingerprint density at radius 2 is 1.47 bits per heavy atom. The molecule has 34 heavy (non-hydrogen) atoms. The van der Waals surface area contributed by atoms with Crippen LogP contribution in [-0.4, -0.2) is 53.5 Å². The number of fused-ring (bicyclic) bond motifs is 3. The number of hydrogen-bond donors (Lipinski definition) is 3. The Morgan fingerprint density at radius 3 is 1.97 bits per heavy atom. The zero-order valence-corrected chi connectivity index (χ0v) is 20.1. The van der Waals surface area contributed by atoms with Gasteiger partial charge in [-0.15, -0.1) is 0 Å². The molecule has 8 heteroatoms. The van der Waals surface area contributed by atoms with E-state index in [4.69, 9.17) is 9.47 Å². The molecule has 1 unspecified atom stereocenters. The normalized spacial score (nSPS) is 15.4. The maximum absolute atomic E-state index is 12.6. The minimum atomic E-state index is -1.27. The summed E-state index contributed by atoms with van der Waals surface area (Å²) >= 11 is 0. The van der Waals surface area contributed by atoms with Crippen LogP contribution in [0.4, 0.5) is 4.79 Å². The minimum absolute atomic E-state index is 0.103. The Morgan fingerprint density at radius 1 is 0.941 bits per heavy atom. The van der Waals surface area contributed by atoms with Crippen molar-refractivity contribution in [1.82, 2.24) is 10.6 Å². The summed E-state index contributed by atoms with van der Waals surface area (Å²) in [5.41, 5.74) is 3.82. The average Bonchev–Trinajstić information content (AvgIpc) is 3.08. The molecule has 0 aromatic heterocycles. The fraction of sp³-hybridized carbons (Fsp3) is 0.423. The number of amides is 2. The van der Waals surface area contributed by atoms with Gasteiger partial charge in [-0.25, -0.2) is 9.59 Å². The third-order valence-electron chi connectivity index (χ3n) is 5.64. The second-order valence-corrected chi connectivity index (χ2v) is 9.45. The monoisotopic (exact) mass is 468 g/mol. The van der Waals surface area contributed by atoms with E-state index in [9.17, 15) is 19.5 Å². The standard InChI is InChI=1S/C26H32N2O6/c1-15(23(29)28-22(24(30)31)16(2)34-26(3,4)5)27-25(32)33-14-21-19-12-8-6-10-17(19)18-11-7-9-13-20(18)21/h6-13,15-16,21-22H,14H2,1-5H3,(H,27,32)(H,28,29)(H,30,31)/t15?,16-,22+/m1/s1. The molecular weight excluding hydrogens is 436 g/mol. The van der Waals surface area contributed by atoms with Crippen LogP contribution in [0.2, 0.25) is 0 Å². The van der Waals surface area contributed by atoms with Crippen molar-refractivity contribution >= 4 is 18.0 Å². The highest BCUT2D eigenvalue weighted by atomic mass is 16.5. The first-order chi connectivity index (χ1) is 16.0. The molecule has 0 heterocycles. The smallest absolute Gasteiger partial charge is 0.407 e. The molecule has 0 bridgehead atoms. The van der Waals surface area contributed by atoms with E-state index in [0.717, 1.165) is 22.3 Å². The number of carboxylic acids is 1. The van der Waals surface area contributed by atoms with Crippen LogP contribution in [0.5, 0.6) is 0 Å². The number of hydrogen-bond acceptors (Lipinski definition) is 5. The number of carbonyl (C=O) groups excluding carboxylic acids is 2. The van der Waals surface area contributed by atoms with Gasteiger partial charge in [0.1, 0.15) is 12.6 Å². The first-order valence-electron chi connectivity index (χ1n) is 11.3. The highest BCUT2D eigenvalue weighted by molar-refractivity contribution is 5.89. The van der Waals surface area contributed by atoms with E-state index in [1.165, 1.54) is 6.92 Å². The largest absolute Gasteiger partial charge is 0.480 e. The first kappa shape index (κ1) is 25.2. The summed E-state index contributed by atoms with van der Waals surface area (Å²) in [7, 11) is 0. The van der Waals surface area contributed by atoms with E-state index in [-0.39, 0.29) is 12.5 Å². The van der Waals surface area contributed by atoms with Crippen molar-refractivity contribution in [3.63, 3.8) is 0 Å². The van der Waals surface area contributed by atoms with Gasteiger partial charge in [-0.2, -0.15) is 0 Å². The SMILES string of the molecule is CC(NC(=O)OCC1c2ccccc2-c2ccccc21)C(=O)N[C@H](C(=O)O)[C@@H](C)OC(C)(C)C. The number of carbonyl (C=O) groups is 3. The van der Waals surface area contributed by atoms with Crippen LogP contribution in [0.25, 0.3) is 11.1 Å². The summed E-state index contributed by atoms with van der Waals surface area (Å²) in [6.45, 7) is 8.55. The van der Waals surface area contributed by atoms with E-state index >= 15 is 0 Å². The molecule has 0 spiro atoms. The van der Waals surface area contributed by atoms with Crippen LogP contribution < -0.4 is 10.6 Å². The zero-order chi connectivity index (χ0) is 25.0. The lowest BCUT2D eigenvalue weighted by molar-refractivity contribution is -0.150. The molecule has 3 N–H and O–H groups in total. The van der Waals surface area contributed by atoms with Gasteiger partial charge in [0.2, 0.25) is 5.91 Å². The zero-order valence-electron chi connectivity index (χ0n) is 20.1. The van der Waals surface area contributed by atoms with Gasteiger partial charge < -0.3 is 25.2 Å². The molecule has 1 aliphatic carbocycles. The minimum Gasteiger partial charge on any atom is -0.480 e. The third-order valence-corrected chi connectivity index (χ3v) is 5.64. The first-order valence-corrected chi connectivity index (χ1v) is 11.3. The predicted molar refractivity (Wildman–Crippen MR) is 128 cm³/mol. The molecule has 8 nitrogen and oxygen atoms in total. The Kier molecular flexibility index (Phi) is 7.61. The molecule has 0 saturated heterocycles. The Hall–Kier alpha value is -3.39. The summed E-state index contributed by atoms with van der Waals surface area (Å²) in [4.78, 5) is 36.6. The molecule has 0 aliphatic heterocycles. The predicted octanol–water partition coefficient (Wildman–Crippen LogP) is 3.69. The number of alkyl carbamates (subject to hydrolysis) is 1. The fourth-order valence-corrected chi connectivity index (χ4v) is 4.17. The van der Waals surface area contributed by atoms with Gasteiger partial charge in [-0.1, -0.05) is 48.5 Å². The van der Waals surface area contributed by atoms with Gasteiger partial charge in [0, 0.05) is 5.92 Å². The van der Waals surface area contributed by atoms with Crippen LogP contribution in [0, 0.1) is 0 Å². The van der Waals surface area contributed by atoms with Gasteiger partial charge in [0.05, 0.1) is 11.7 Å². The highest BCUT2D eigenvalue weighted by Crippen LogP contribution is 2.44. The van der Waals surface area contributed by atoms with Crippen molar-refractivity contribution in [3.05, 3.63) is 59.7 Å². The Bertz CT molecular complexity index is 1020. The highest BCUT2D eigenvalue weighted by Gasteiger charge is 2.33. The van der Waals surface area contributed by atoms with E-state index in [2.05, 4.69) is 10.6 Å². The molecule has 182 valence electrons. The quantitative estimate of drug-likeness (QED) is 0.545. The second kappa shape index (κ2) is 10.3. The number of aliphatic carboxylic acids is 1. The summed E-state index contributed by atoms with van der Waals surface area (Å²) < 4.78 is 11.1. The van der Waals surface area contributed by atoms with E-state index in [1.54, 1.807) is 27.7 Å². The van der Waals surface area contributed by atoms with Crippen LogP contribution in [-0.2, 0) is 19.1 Å². The van der Waals surface area contributed by atoms with Crippen molar-refractivity contribution in [3.8, 4) is 11.1 Å². The van der Waals surface area contributed by atoms with Crippen molar-refractivity contribution in [2.75, 3.05) is 6.61 Å². The average molecular weight is 469 g/mol. The number of rotatable bonds is 8. The number of nitrogens with one attached hydrogen (secondary N) is 2. The van der Waals surface area contributed by atoms with E-state index in [1.807, 2.05) is 48.5 Å². The van der Waals surface area contributed by atoms with Crippen LogP contribution in [0.3, 0.4) is 0 Å². The molecule has 2 aromatic carbocycles. The fourth-order valence-electron chi connectivity index (χ4n) is 4.17. The topological polar surface area (TPSA) is 114 Å². The van der Waals surface area contributed by atoms with Gasteiger partial charge in [0.15, 0.2) is 6.04 Å². The van der Waals surface area contributed by atoms with Crippen molar-refractivity contribution < 1.29 is 29.0 Å². The molecule has 0 saturated carbocycles. The number of benzene rings is 2. The maximum atomic E-state index is 12.6. The summed E-state index contributed by atoms with van der Waals surface area (Å²) in [6, 6.07) is 13.7. The van der Waals surface area contributed by atoms with Gasteiger partial charge in [0.25, 0.3) is 0 Å². The Labute approximate surface area is 199 Å². The lowest BCUT2D eigenvalue weighted by Gasteiger charge is -2.29.